The number of hydrogen-bond donors (Lipinski definition) is 3. The molecule has 0 spiro atoms. The van der Waals surface area contributed by atoms with Crippen LogP contribution in [0.3, 0.4) is 0 Å². The zero-order valence-electron chi connectivity index (χ0n) is 9.28. The summed E-state index contributed by atoms with van der Waals surface area (Å²) in [5.74, 6) is 0. The molecule has 1 fully saturated rings. The number of hydrogen-bond acceptors (Lipinski definition) is 5. The molecule has 2 atom stereocenters. The number of piperidine rings is 1. The molecule has 1 rings (SSSR count). The minimum atomic E-state index is -1.11. The first-order valence-electron chi connectivity index (χ1n) is 5.23. The molecule has 0 aliphatic carbocycles. The number of nitrogens with zero attached hydrogens (tertiary/aromatic N) is 1. The van der Waals surface area contributed by atoms with E-state index in [4.69, 9.17) is 5.41 Å². The van der Waals surface area contributed by atoms with Crippen molar-refractivity contribution < 1.29 is 9.31 Å². The maximum Gasteiger partial charge on any atom is 0.309 e. The van der Waals surface area contributed by atoms with Crippen LogP contribution < -0.4 is 10.6 Å². The zero-order chi connectivity index (χ0) is 12.8. The maximum absolute atomic E-state index is 13.5. The number of allylic oxidation sites excluding steroid dienone is 2. The predicted molar refractivity (Wildman–Crippen MR) is 62.3 cm³/mol. The lowest BCUT2D eigenvalue weighted by Gasteiger charge is -2.28. The molecule has 0 aromatic rings. The molecule has 0 aromatic heterocycles. The zero-order valence-corrected chi connectivity index (χ0v) is 9.28. The summed E-state index contributed by atoms with van der Waals surface area (Å²) in [4.78, 5) is 9.97. The molecule has 1 heterocycles. The lowest BCUT2D eigenvalue weighted by molar-refractivity contribution is -0.415. The van der Waals surface area contributed by atoms with Gasteiger partial charge in [0, 0.05) is 6.54 Å². The van der Waals surface area contributed by atoms with Gasteiger partial charge in [0.1, 0.15) is 11.9 Å². The van der Waals surface area contributed by atoms with Crippen molar-refractivity contribution >= 4 is 6.21 Å². The second kappa shape index (κ2) is 6.09. The summed E-state index contributed by atoms with van der Waals surface area (Å²) in [6.07, 6.45) is 1.27. The second-order valence-corrected chi connectivity index (χ2v) is 3.66. The van der Waals surface area contributed by atoms with Crippen molar-refractivity contribution in [2.24, 2.45) is 0 Å². The van der Waals surface area contributed by atoms with E-state index in [0.717, 1.165) is 0 Å². The third kappa shape index (κ3) is 3.35. The summed E-state index contributed by atoms with van der Waals surface area (Å²) in [7, 11) is 0. The Morgan fingerprint density at radius 1 is 1.71 bits per heavy atom. The molecule has 1 saturated heterocycles. The van der Waals surface area contributed by atoms with Gasteiger partial charge in [-0.15, -0.1) is 0 Å². The monoisotopic (exact) mass is 242 g/mol. The van der Waals surface area contributed by atoms with Crippen LogP contribution >= 0.6 is 0 Å². The molecule has 1 aliphatic rings. The van der Waals surface area contributed by atoms with E-state index in [0.29, 0.717) is 19.2 Å². The highest BCUT2D eigenvalue weighted by Gasteiger charge is 2.26. The molecule has 0 radical (unpaired) electrons. The van der Waals surface area contributed by atoms with Crippen LogP contribution in [0, 0.1) is 15.5 Å². The fourth-order valence-electron chi connectivity index (χ4n) is 1.65. The standard InChI is InChI=1S/C10H15FN4O2/c1-2-8(10(5-12)15(16)17)14-9-3-4-13-6-7(9)11/h2,5,7,9,12-14H,1,3-4,6H2/b10-8+,12-5?. The molecule has 6 nitrogen and oxygen atoms in total. The van der Waals surface area contributed by atoms with Crippen LogP contribution in [0.15, 0.2) is 24.0 Å². The minimum absolute atomic E-state index is 0.0829. The van der Waals surface area contributed by atoms with Crippen molar-refractivity contribution in [3.8, 4) is 0 Å². The molecule has 0 bridgehead atoms. The Bertz CT molecular complexity index is 356. The summed E-state index contributed by atoms with van der Waals surface area (Å²) in [5.41, 5.74) is -0.328. The molecule has 0 aromatic carbocycles. The summed E-state index contributed by atoms with van der Waals surface area (Å²) in [6.45, 7) is 4.31. The third-order valence-corrected chi connectivity index (χ3v) is 2.56. The van der Waals surface area contributed by atoms with Gasteiger partial charge in [-0.25, -0.2) is 4.39 Å². The van der Waals surface area contributed by atoms with Gasteiger partial charge in [-0.1, -0.05) is 6.58 Å². The van der Waals surface area contributed by atoms with E-state index in [2.05, 4.69) is 17.2 Å². The van der Waals surface area contributed by atoms with Crippen molar-refractivity contribution in [1.29, 1.82) is 5.41 Å². The van der Waals surface area contributed by atoms with Crippen LogP contribution in [-0.4, -0.2) is 36.4 Å². The quantitative estimate of drug-likeness (QED) is 0.285. The van der Waals surface area contributed by atoms with Gasteiger partial charge >= 0.3 is 5.70 Å². The summed E-state index contributed by atoms with van der Waals surface area (Å²) in [5, 5.41) is 23.3. The third-order valence-electron chi connectivity index (χ3n) is 2.56. The minimum Gasteiger partial charge on any atom is -0.374 e. The molecular formula is C10H15FN4O2. The lowest BCUT2D eigenvalue weighted by atomic mass is 10.0. The number of halogens is 1. The van der Waals surface area contributed by atoms with E-state index in [1.54, 1.807) is 0 Å². The van der Waals surface area contributed by atoms with E-state index in [9.17, 15) is 14.5 Å². The highest BCUT2D eigenvalue weighted by Crippen LogP contribution is 2.11. The molecule has 94 valence electrons. The highest BCUT2D eigenvalue weighted by atomic mass is 19.1. The number of alkyl halides is 1. The van der Waals surface area contributed by atoms with Crippen LogP contribution in [0.2, 0.25) is 0 Å². The van der Waals surface area contributed by atoms with E-state index >= 15 is 0 Å². The molecular weight excluding hydrogens is 227 g/mol. The van der Waals surface area contributed by atoms with E-state index < -0.39 is 22.8 Å². The number of nitro groups is 1. The molecule has 0 amide bonds. The largest absolute Gasteiger partial charge is 0.374 e. The Hall–Kier alpha value is -1.76. The van der Waals surface area contributed by atoms with Gasteiger partial charge in [-0.2, -0.15) is 0 Å². The normalized spacial score (nSPS) is 25.7. The first-order chi connectivity index (χ1) is 8.10. The lowest BCUT2D eigenvalue weighted by Crippen LogP contribution is -2.48. The number of rotatable bonds is 5. The fourth-order valence-corrected chi connectivity index (χ4v) is 1.65. The first-order valence-corrected chi connectivity index (χ1v) is 5.23. The highest BCUT2D eigenvalue weighted by molar-refractivity contribution is 5.74. The Balaban J connectivity index is 2.84. The molecule has 0 saturated carbocycles. The average molecular weight is 242 g/mol. The van der Waals surface area contributed by atoms with Crippen LogP contribution in [0.4, 0.5) is 4.39 Å². The SMILES string of the molecule is C=C/C(NC1CCNCC1F)=C(/C=N)[N+](=O)[O-]. The summed E-state index contributed by atoms with van der Waals surface area (Å²) in [6, 6.07) is -0.487. The predicted octanol–water partition coefficient (Wildman–Crippen LogP) is 0.600. The fraction of sp³-hybridized carbons (Fsp3) is 0.500. The van der Waals surface area contributed by atoms with Crippen LogP contribution in [0.5, 0.6) is 0 Å². The van der Waals surface area contributed by atoms with Crippen LogP contribution in [0.1, 0.15) is 6.42 Å². The molecule has 3 N–H and O–H groups in total. The summed E-state index contributed by atoms with van der Waals surface area (Å²) < 4.78 is 13.5. The Morgan fingerprint density at radius 2 is 2.41 bits per heavy atom. The van der Waals surface area contributed by atoms with Gasteiger partial charge in [0.2, 0.25) is 0 Å². The molecule has 1 aliphatic heterocycles. The first kappa shape index (κ1) is 13.3. The van der Waals surface area contributed by atoms with E-state index in [1.807, 2.05) is 0 Å². The number of nitrogens with one attached hydrogen (secondary N) is 3. The Kier molecular flexibility index (Phi) is 4.77. The second-order valence-electron chi connectivity index (χ2n) is 3.66. The van der Waals surface area contributed by atoms with Gasteiger partial charge in [0.15, 0.2) is 0 Å². The van der Waals surface area contributed by atoms with Crippen molar-refractivity contribution in [1.82, 2.24) is 10.6 Å². The van der Waals surface area contributed by atoms with Gasteiger partial charge in [0.05, 0.1) is 17.2 Å². The van der Waals surface area contributed by atoms with Gasteiger partial charge in [-0.05, 0) is 19.0 Å². The van der Waals surface area contributed by atoms with Crippen molar-refractivity contribution in [2.45, 2.75) is 18.6 Å². The molecule has 2 unspecified atom stereocenters. The van der Waals surface area contributed by atoms with E-state index in [-0.39, 0.29) is 12.2 Å². The molecule has 17 heavy (non-hydrogen) atoms. The Morgan fingerprint density at radius 3 is 2.88 bits per heavy atom. The van der Waals surface area contributed by atoms with Gasteiger partial charge in [-0.3, -0.25) is 10.1 Å². The van der Waals surface area contributed by atoms with Gasteiger partial charge in [0.25, 0.3) is 0 Å². The molecule has 7 heteroatoms. The topological polar surface area (TPSA) is 91.0 Å². The van der Waals surface area contributed by atoms with Crippen LogP contribution in [-0.2, 0) is 0 Å². The maximum atomic E-state index is 13.5. The van der Waals surface area contributed by atoms with Crippen molar-refractivity contribution in [3.05, 3.63) is 34.2 Å². The van der Waals surface area contributed by atoms with Crippen LogP contribution in [0.25, 0.3) is 0 Å². The summed E-state index contributed by atoms with van der Waals surface area (Å²) >= 11 is 0. The Labute approximate surface area is 98.2 Å². The van der Waals surface area contributed by atoms with Crippen molar-refractivity contribution in [2.75, 3.05) is 13.1 Å². The smallest absolute Gasteiger partial charge is 0.309 e. The average Bonchev–Trinajstić information content (AvgIpc) is 2.30. The van der Waals surface area contributed by atoms with E-state index in [1.165, 1.54) is 6.08 Å². The van der Waals surface area contributed by atoms with Crippen molar-refractivity contribution in [3.63, 3.8) is 0 Å². The van der Waals surface area contributed by atoms with Gasteiger partial charge < -0.3 is 16.0 Å².